The molecule has 0 atom stereocenters. The van der Waals surface area contributed by atoms with Gasteiger partial charge in [-0.1, -0.05) is 375 Å². The van der Waals surface area contributed by atoms with E-state index in [2.05, 4.69) is 289 Å². The SMILES string of the molecule is O=C(OCc1ccccc1)c1ccc2c(c1)N(c1ccccc1)c1cc(C(=O)OCc3ccccc3)cc3c1B2c1cc2c(-c4c(-c5ccccc5)cc(-c5ccccc5)cc4-c4ccccc4)cc4c5c(cc6c(-c7c(-c8ccccc8)cc(-c8ccccc8)cc7-c7ccccc7)cc-3c1c6c25)B1c2ccc(C(=O)OCc3ccccc3)cc2N(c2ccccc2)c2cc(C(=O)OCc3ccccc3)cc-4c21. The van der Waals surface area contributed by atoms with Gasteiger partial charge in [0.05, 0.1) is 22.3 Å². The fourth-order valence-electron chi connectivity index (χ4n) is 22.7. The molecule has 0 bridgehead atoms. The van der Waals surface area contributed by atoms with E-state index in [1.54, 1.807) is 0 Å². The highest BCUT2D eigenvalue weighted by Gasteiger charge is 2.48. The summed E-state index contributed by atoms with van der Waals surface area (Å²) in [5.41, 5.74) is 34.0. The molecule has 4 aliphatic heterocycles. The summed E-state index contributed by atoms with van der Waals surface area (Å²) in [5, 5.41) is 5.72. The first-order valence-corrected chi connectivity index (χ1v) is 48.9. The molecule has 10 nitrogen and oxygen atoms in total. The molecule has 4 heterocycles. The van der Waals surface area contributed by atoms with Gasteiger partial charge in [0.15, 0.2) is 0 Å². The summed E-state index contributed by atoms with van der Waals surface area (Å²) in [4.78, 5) is 67.7. The number of anilines is 6. The molecule has 678 valence electrons. The van der Waals surface area contributed by atoms with Crippen molar-refractivity contribution < 1.29 is 38.1 Å². The van der Waals surface area contributed by atoms with Gasteiger partial charge in [-0.2, -0.15) is 0 Å². The molecule has 12 heteroatoms. The first-order valence-electron chi connectivity index (χ1n) is 48.9. The van der Waals surface area contributed by atoms with Gasteiger partial charge >= 0.3 is 23.9 Å². The molecule has 0 amide bonds. The fourth-order valence-corrected chi connectivity index (χ4v) is 22.7. The third-order valence-corrected chi connectivity index (χ3v) is 29.1. The van der Waals surface area contributed by atoms with Crippen LogP contribution in [0.5, 0.6) is 0 Å². The highest BCUT2D eigenvalue weighted by Crippen LogP contribution is 2.58. The predicted octanol–water partition coefficient (Wildman–Crippen LogP) is 27.9. The van der Waals surface area contributed by atoms with E-state index in [4.69, 9.17) is 18.9 Å². The molecule has 0 spiro atoms. The maximum absolute atomic E-state index is 16.3. The number of esters is 4. The van der Waals surface area contributed by atoms with Crippen LogP contribution in [0.15, 0.2) is 473 Å². The lowest BCUT2D eigenvalue weighted by molar-refractivity contribution is 0.0464. The molecule has 0 saturated carbocycles. The third kappa shape index (κ3) is 15.0. The van der Waals surface area contributed by atoms with Gasteiger partial charge in [-0.25, -0.2) is 19.2 Å². The van der Waals surface area contributed by atoms with Crippen LogP contribution in [0, 0.1) is 0 Å². The van der Waals surface area contributed by atoms with Crippen LogP contribution in [-0.2, 0) is 45.4 Å². The van der Waals surface area contributed by atoms with Crippen molar-refractivity contribution in [1.29, 1.82) is 0 Å². The molecule has 0 aliphatic carbocycles. The van der Waals surface area contributed by atoms with Crippen LogP contribution in [0.1, 0.15) is 63.7 Å². The van der Waals surface area contributed by atoms with E-state index in [9.17, 15) is 0 Å². The van der Waals surface area contributed by atoms with E-state index in [1.165, 1.54) is 0 Å². The molecule has 22 aromatic rings. The first-order chi connectivity index (χ1) is 71.1. The Hall–Kier alpha value is -18.5. The number of rotatable bonds is 22. The number of nitrogens with zero attached hydrogens (tertiary/aromatic N) is 2. The Balaban J connectivity index is 0.871. The van der Waals surface area contributed by atoms with Crippen LogP contribution >= 0.6 is 0 Å². The number of hydrogen-bond acceptors (Lipinski definition) is 10. The van der Waals surface area contributed by atoms with Crippen molar-refractivity contribution in [2.45, 2.75) is 26.4 Å². The van der Waals surface area contributed by atoms with E-state index in [0.29, 0.717) is 33.6 Å². The Morgan fingerprint density at radius 3 is 0.743 bits per heavy atom. The second kappa shape index (κ2) is 36.0. The topological polar surface area (TPSA) is 112 Å². The molecule has 0 aromatic heterocycles. The van der Waals surface area contributed by atoms with Crippen molar-refractivity contribution in [3.63, 3.8) is 0 Å². The number of ether oxygens (including phenoxy) is 4. The molecule has 0 fully saturated rings. The number of hydrogen-bond donors (Lipinski definition) is 0. The van der Waals surface area contributed by atoms with Gasteiger partial charge in [0.2, 0.25) is 13.4 Å². The number of carbonyl (C=O) groups is 4. The van der Waals surface area contributed by atoms with Crippen molar-refractivity contribution >= 4 is 137 Å². The molecule has 0 N–H and O–H groups in total. The van der Waals surface area contributed by atoms with Gasteiger partial charge in [0.1, 0.15) is 26.4 Å². The molecule has 26 rings (SSSR count). The number of para-hydroxylation sites is 2. The summed E-state index contributed by atoms with van der Waals surface area (Å²) in [7, 11) is 0. The third-order valence-electron chi connectivity index (χ3n) is 29.1. The smallest absolute Gasteiger partial charge is 0.338 e. The van der Waals surface area contributed by atoms with E-state index in [0.717, 1.165) is 221 Å². The van der Waals surface area contributed by atoms with E-state index < -0.39 is 37.3 Å². The molecular formula is C132H86B2N2O8. The van der Waals surface area contributed by atoms with Crippen molar-refractivity contribution in [3.05, 3.63) is 518 Å². The first kappa shape index (κ1) is 85.9. The lowest BCUT2D eigenvalue weighted by Gasteiger charge is -2.42. The van der Waals surface area contributed by atoms with Crippen molar-refractivity contribution in [3.8, 4) is 111 Å². The van der Waals surface area contributed by atoms with Crippen molar-refractivity contribution in [2.24, 2.45) is 0 Å². The average Bonchev–Trinajstić information content (AvgIpc) is 0.658. The maximum Gasteiger partial charge on any atom is 0.338 e. The molecule has 22 aromatic carbocycles. The summed E-state index contributed by atoms with van der Waals surface area (Å²) in [6.07, 6.45) is 0. The Kier molecular flexibility index (Phi) is 21.5. The summed E-state index contributed by atoms with van der Waals surface area (Å²) >= 11 is 0. The van der Waals surface area contributed by atoms with Crippen molar-refractivity contribution in [2.75, 3.05) is 9.80 Å². The molecule has 0 radical (unpaired) electrons. The Morgan fingerprint density at radius 2 is 0.451 bits per heavy atom. The van der Waals surface area contributed by atoms with Gasteiger partial charge in [-0.05, 0) is 297 Å². The minimum Gasteiger partial charge on any atom is -0.457 e. The average molecular weight is 1850 g/mol. The Bertz CT molecular complexity index is 8220. The molecular weight excluding hydrogens is 1760 g/mol. The minimum atomic E-state index is -0.637. The van der Waals surface area contributed by atoms with Crippen LogP contribution in [0.25, 0.3) is 144 Å². The predicted molar refractivity (Wildman–Crippen MR) is 585 cm³/mol. The standard InChI is InChI=1S/C132H86B2N2O8/c137-129(141-79-83-37-13-1-14-38-83)93-61-63-113-117(71-93)135(99-57-33-11-34-58-99)119-73-97(131(139)143-81-85-41-17-3-18-42-85)69-111-107-75-106(122-103(91-53-29-9-30-54-91)67-96(88-47-23-6-24-48-88)68-104(122)92-55-31-10-32-56-92)110-78-116-124-108(76-105(109-77-115(133(113)127(111)119)123(107)125(110)126(109)124)121-101(89-49-25-7-26-50-89)65-95(87-45-21-5-22-46-87)66-102(121)90-51-27-8-28-52-90)112-70-98(132(140)144-82-86-43-19-4-20-44-86)74-120-128(112)134(116)114-64-62-94(130(138)142-80-84-39-15-2-16-40-84)72-118(114)136(120)100-59-35-12-36-60-100/h1-78H,79-82H2. The van der Waals surface area contributed by atoms with Gasteiger partial charge in [-0.3, -0.25) is 0 Å². The van der Waals surface area contributed by atoms with E-state index >= 15 is 19.2 Å². The molecule has 0 saturated heterocycles. The summed E-state index contributed by atoms with van der Waals surface area (Å²) in [5.74, 6) is -2.05. The fraction of sp³-hybridized carbons (Fsp3) is 0.0303. The quantitative estimate of drug-likeness (QED) is 0.0281. The van der Waals surface area contributed by atoms with Gasteiger partial charge in [0, 0.05) is 34.1 Å². The van der Waals surface area contributed by atoms with Gasteiger partial charge in [0.25, 0.3) is 0 Å². The van der Waals surface area contributed by atoms with Crippen LogP contribution in [0.2, 0.25) is 0 Å². The Morgan fingerprint density at radius 1 is 0.194 bits per heavy atom. The summed E-state index contributed by atoms with van der Waals surface area (Å²) in [6, 6.07) is 164. The highest BCUT2D eigenvalue weighted by molar-refractivity contribution is 7.02. The lowest BCUT2D eigenvalue weighted by Crippen LogP contribution is -2.60. The van der Waals surface area contributed by atoms with Crippen molar-refractivity contribution in [1.82, 2.24) is 0 Å². The second-order valence-electron chi connectivity index (χ2n) is 37.5. The molecule has 0 unspecified atom stereocenters. The number of carbonyl (C=O) groups excluding carboxylic acids is 4. The second-order valence-corrected chi connectivity index (χ2v) is 37.5. The number of fused-ring (bicyclic) bond motifs is 8. The van der Waals surface area contributed by atoms with Crippen LogP contribution in [0.4, 0.5) is 34.1 Å². The Labute approximate surface area is 834 Å². The van der Waals surface area contributed by atoms with Gasteiger partial charge in [-0.15, -0.1) is 0 Å². The van der Waals surface area contributed by atoms with Crippen LogP contribution in [-0.4, -0.2) is 37.3 Å². The lowest BCUT2D eigenvalue weighted by atomic mass is 9.31. The van der Waals surface area contributed by atoms with Gasteiger partial charge < -0.3 is 28.7 Å². The van der Waals surface area contributed by atoms with E-state index in [1.807, 2.05) is 194 Å². The zero-order valence-electron chi connectivity index (χ0n) is 78.2. The maximum atomic E-state index is 16.3. The summed E-state index contributed by atoms with van der Waals surface area (Å²) in [6.45, 7) is -1.17. The molecule has 144 heavy (non-hydrogen) atoms. The van der Waals surface area contributed by atoms with Crippen LogP contribution < -0.4 is 42.6 Å². The van der Waals surface area contributed by atoms with E-state index in [-0.39, 0.29) is 26.4 Å². The monoisotopic (exact) mass is 1850 g/mol. The zero-order valence-corrected chi connectivity index (χ0v) is 78.2. The zero-order chi connectivity index (χ0) is 96.0. The van der Waals surface area contributed by atoms with Crippen LogP contribution in [0.3, 0.4) is 0 Å². The highest BCUT2D eigenvalue weighted by atomic mass is 16.5. The normalized spacial score (nSPS) is 12.2. The minimum absolute atomic E-state index is 0.00405. The largest absolute Gasteiger partial charge is 0.457 e. The molecule has 4 aliphatic rings. The summed E-state index contributed by atoms with van der Waals surface area (Å²) < 4.78 is 26.0. The number of benzene rings is 22.